The smallest absolute Gasteiger partial charge is 0.147 e. The summed E-state index contributed by atoms with van der Waals surface area (Å²) in [7, 11) is 0. The first-order chi connectivity index (χ1) is 7.31. The Morgan fingerprint density at radius 1 is 1.53 bits per heavy atom. The van der Waals surface area contributed by atoms with Gasteiger partial charge >= 0.3 is 0 Å². The molecule has 0 saturated carbocycles. The summed E-state index contributed by atoms with van der Waals surface area (Å²) in [5, 5.41) is 5.46. The van der Waals surface area contributed by atoms with Crippen molar-refractivity contribution in [2.45, 2.75) is 13.0 Å². The van der Waals surface area contributed by atoms with Crippen LogP contribution >= 0.6 is 23.1 Å². The van der Waals surface area contributed by atoms with Crippen molar-refractivity contribution in [3.8, 4) is 0 Å². The van der Waals surface area contributed by atoms with E-state index >= 15 is 0 Å². The number of nitrogens with zero attached hydrogens (tertiary/aromatic N) is 2. The second kappa shape index (κ2) is 4.81. The molecule has 0 fully saturated rings. The highest BCUT2D eigenvalue weighted by Crippen LogP contribution is 2.25. The molecule has 0 aliphatic carbocycles. The fraction of sp³-hybridized carbons (Fsp3) is 0.400. The van der Waals surface area contributed by atoms with Crippen molar-refractivity contribution >= 4 is 39.1 Å². The van der Waals surface area contributed by atoms with Gasteiger partial charge < -0.3 is 5.32 Å². The van der Waals surface area contributed by atoms with E-state index in [0.717, 1.165) is 21.8 Å². The predicted molar refractivity (Wildman–Crippen MR) is 68.9 cm³/mol. The van der Waals surface area contributed by atoms with Crippen molar-refractivity contribution < 1.29 is 0 Å². The van der Waals surface area contributed by atoms with E-state index in [4.69, 9.17) is 0 Å². The van der Waals surface area contributed by atoms with E-state index in [1.54, 1.807) is 17.7 Å². The average Bonchev–Trinajstić information content (AvgIpc) is 2.67. The summed E-state index contributed by atoms with van der Waals surface area (Å²) < 4.78 is 1.14. The van der Waals surface area contributed by atoms with Crippen LogP contribution in [0.15, 0.2) is 17.8 Å². The lowest BCUT2D eigenvalue weighted by Crippen LogP contribution is -2.18. The summed E-state index contributed by atoms with van der Waals surface area (Å²) in [6.45, 7) is 2.16. The minimum absolute atomic E-state index is 0.431. The molecule has 2 aromatic heterocycles. The first-order valence-electron chi connectivity index (χ1n) is 4.75. The van der Waals surface area contributed by atoms with Crippen LogP contribution in [0.25, 0.3) is 10.2 Å². The first kappa shape index (κ1) is 10.7. The third kappa shape index (κ3) is 2.41. The SMILES string of the molecule is CSCC(C)Nc1ncnc2ccsc12. The lowest BCUT2D eigenvalue weighted by molar-refractivity contribution is 0.905. The van der Waals surface area contributed by atoms with Crippen LogP contribution in [-0.4, -0.2) is 28.0 Å². The number of anilines is 1. The Bertz CT molecular complexity index is 441. The zero-order valence-corrected chi connectivity index (χ0v) is 10.4. The van der Waals surface area contributed by atoms with Crippen molar-refractivity contribution in [2.75, 3.05) is 17.3 Å². The highest BCUT2D eigenvalue weighted by atomic mass is 32.2. The molecule has 0 aliphatic heterocycles. The van der Waals surface area contributed by atoms with Gasteiger partial charge in [-0.1, -0.05) is 0 Å². The standard InChI is InChI=1S/C10H13N3S2/c1-7(5-14-2)13-10-9-8(3-4-15-9)11-6-12-10/h3-4,6-7H,5H2,1-2H3,(H,11,12,13). The largest absolute Gasteiger partial charge is 0.365 e. The Balaban J connectivity index is 2.23. The van der Waals surface area contributed by atoms with Gasteiger partial charge in [0, 0.05) is 11.8 Å². The molecule has 0 spiro atoms. The molecule has 2 heterocycles. The molecule has 2 aromatic rings. The maximum Gasteiger partial charge on any atom is 0.147 e. The van der Waals surface area contributed by atoms with Gasteiger partial charge in [0.05, 0.1) is 10.2 Å². The predicted octanol–water partition coefficient (Wildman–Crippen LogP) is 2.85. The number of hydrogen-bond donors (Lipinski definition) is 1. The van der Waals surface area contributed by atoms with Crippen molar-refractivity contribution in [3.05, 3.63) is 17.8 Å². The molecule has 0 aromatic carbocycles. The molecular weight excluding hydrogens is 226 g/mol. The molecule has 0 aliphatic rings. The minimum Gasteiger partial charge on any atom is -0.365 e. The first-order valence-corrected chi connectivity index (χ1v) is 7.02. The van der Waals surface area contributed by atoms with E-state index in [0.29, 0.717) is 6.04 Å². The number of thiophene rings is 1. The van der Waals surface area contributed by atoms with Gasteiger partial charge in [-0.15, -0.1) is 11.3 Å². The lowest BCUT2D eigenvalue weighted by atomic mass is 10.3. The molecule has 3 nitrogen and oxygen atoms in total. The van der Waals surface area contributed by atoms with Gasteiger partial charge in [-0.3, -0.25) is 0 Å². The Morgan fingerprint density at radius 2 is 2.40 bits per heavy atom. The molecule has 0 saturated heterocycles. The van der Waals surface area contributed by atoms with E-state index in [1.807, 2.05) is 23.2 Å². The van der Waals surface area contributed by atoms with Gasteiger partial charge in [0.15, 0.2) is 0 Å². The van der Waals surface area contributed by atoms with E-state index in [1.165, 1.54) is 0 Å². The molecule has 1 atom stereocenters. The molecule has 0 bridgehead atoms. The van der Waals surface area contributed by atoms with E-state index in [-0.39, 0.29) is 0 Å². The normalized spacial score (nSPS) is 12.9. The van der Waals surface area contributed by atoms with E-state index in [9.17, 15) is 0 Å². The van der Waals surface area contributed by atoms with Gasteiger partial charge in [-0.2, -0.15) is 11.8 Å². The fourth-order valence-corrected chi connectivity index (χ4v) is 2.80. The van der Waals surface area contributed by atoms with Crippen molar-refractivity contribution in [2.24, 2.45) is 0 Å². The second-order valence-corrected chi connectivity index (χ2v) is 5.18. The number of aromatic nitrogens is 2. The highest BCUT2D eigenvalue weighted by molar-refractivity contribution is 7.98. The average molecular weight is 239 g/mol. The third-order valence-electron chi connectivity index (χ3n) is 2.04. The van der Waals surface area contributed by atoms with Crippen LogP contribution in [0.2, 0.25) is 0 Å². The number of rotatable bonds is 4. The van der Waals surface area contributed by atoms with Gasteiger partial charge in [0.25, 0.3) is 0 Å². The van der Waals surface area contributed by atoms with Gasteiger partial charge in [0.1, 0.15) is 12.1 Å². The van der Waals surface area contributed by atoms with Gasteiger partial charge in [-0.25, -0.2) is 9.97 Å². The molecule has 0 amide bonds. The molecule has 1 N–H and O–H groups in total. The zero-order valence-electron chi connectivity index (χ0n) is 8.73. The molecule has 1 unspecified atom stereocenters. The molecule has 5 heteroatoms. The monoisotopic (exact) mass is 239 g/mol. The second-order valence-electron chi connectivity index (χ2n) is 3.36. The summed E-state index contributed by atoms with van der Waals surface area (Å²) in [4.78, 5) is 8.49. The Kier molecular flexibility index (Phi) is 3.43. The van der Waals surface area contributed by atoms with E-state index < -0.39 is 0 Å². The lowest BCUT2D eigenvalue weighted by Gasteiger charge is -2.12. The molecule has 0 radical (unpaired) electrons. The quantitative estimate of drug-likeness (QED) is 0.890. The van der Waals surface area contributed by atoms with Crippen LogP contribution < -0.4 is 5.32 Å². The molecule has 2 rings (SSSR count). The zero-order chi connectivity index (χ0) is 10.7. The van der Waals surface area contributed by atoms with Crippen LogP contribution in [0.5, 0.6) is 0 Å². The molecule has 15 heavy (non-hydrogen) atoms. The Morgan fingerprint density at radius 3 is 3.20 bits per heavy atom. The summed E-state index contributed by atoms with van der Waals surface area (Å²) in [6, 6.07) is 2.45. The summed E-state index contributed by atoms with van der Waals surface area (Å²) in [6.07, 6.45) is 3.72. The minimum atomic E-state index is 0.431. The molecule has 80 valence electrons. The topological polar surface area (TPSA) is 37.8 Å². The number of thioether (sulfide) groups is 1. The van der Waals surface area contributed by atoms with Crippen LogP contribution in [0, 0.1) is 0 Å². The number of fused-ring (bicyclic) bond motifs is 1. The summed E-state index contributed by atoms with van der Waals surface area (Å²) in [5.41, 5.74) is 1.02. The van der Waals surface area contributed by atoms with Crippen molar-refractivity contribution in [1.29, 1.82) is 0 Å². The number of nitrogens with one attached hydrogen (secondary N) is 1. The Labute approximate surface area is 97.3 Å². The number of hydrogen-bond acceptors (Lipinski definition) is 5. The summed E-state index contributed by atoms with van der Waals surface area (Å²) in [5.74, 6) is 2.04. The van der Waals surface area contributed by atoms with Crippen LogP contribution in [-0.2, 0) is 0 Å². The van der Waals surface area contributed by atoms with Crippen LogP contribution in [0.3, 0.4) is 0 Å². The van der Waals surface area contributed by atoms with Crippen LogP contribution in [0.1, 0.15) is 6.92 Å². The maximum absolute atomic E-state index is 4.28. The van der Waals surface area contributed by atoms with Crippen molar-refractivity contribution in [3.63, 3.8) is 0 Å². The summed E-state index contributed by atoms with van der Waals surface area (Å²) >= 11 is 3.51. The Hall–Kier alpha value is -0.810. The fourth-order valence-electron chi connectivity index (χ4n) is 1.42. The van der Waals surface area contributed by atoms with Crippen LogP contribution in [0.4, 0.5) is 5.82 Å². The van der Waals surface area contributed by atoms with Gasteiger partial charge in [-0.05, 0) is 24.6 Å². The molecular formula is C10H13N3S2. The highest BCUT2D eigenvalue weighted by Gasteiger charge is 2.07. The maximum atomic E-state index is 4.28. The van der Waals surface area contributed by atoms with Crippen molar-refractivity contribution in [1.82, 2.24) is 9.97 Å². The third-order valence-corrected chi connectivity index (χ3v) is 3.79. The van der Waals surface area contributed by atoms with Gasteiger partial charge in [0.2, 0.25) is 0 Å². The van der Waals surface area contributed by atoms with E-state index in [2.05, 4.69) is 28.5 Å².